The van der Waals surface area contributed by atoms with Crippen molar-refractivity contribution in [1.29, 1.82) is 0 Å². The number of carboxylic acid groups (broad SMARTS) is 1. The van der Waals surface area contributed by atoms with Crippen molar-refractivity contribution in [3.63, 3.8) is 0 Å². The molecule has 0 atom stereocenters. The van der Waals surface area contributed by atoms with Crippen LogP contribution in [0, 0.1) is 0 Å². The number of halogens is 1. The number of nitrogens with zero attached hydrogens (tertiary/aromatic N) is 2. The van der Waals surface area contributed by atoms with Crippen LogP contribution in [-0.2, 0) is 27.3 Å². The Hall–Kier alpha value is -2.71. The number of hydrogen-bond acceptors (Lipinski definition) is 5. The van der Waals surface area contributed by atoms with E-state index in [2.05, 4.69) is 17.2 Å². The molecule has 1 aliphatic heterocycles. The van der Waals surface area contributed by atoms with Crippen molar-refractivity contribution in [1.82, 2.24) is 14.9 Å². The van der Waals surface area contributed by atoms with Gasteiger partial charge in [-0.15, -0.1) is 0 Å². The van der Waals surface area contributed by atoms with Crippen LogP contribution in [0.5, 0.6) is 0 Å². The van der Waals surface area contributed by atoms with Gasteiger partial charge in [-0.2, -0.15) is 0 Å². The standard InChI is InChI=1S/C23H28ClN3O5/c1-2-3-4-5-19-25-18(16-6-8-17(24)9-7-16)14-21(29)27(19)15-20(28)26-23(22(30)31)10-12-32-13-11-23/h6-9,14H,2-5,10-13,15H2,1H3,(H,26,28)(H,30,31). The highest BCUT2D eigenvalue weighted by molar-refractivity contribution is 6.30. The lowest BCUT2D eigenvalue weighted by Gasteiger charge is -2.34. The minimum absolute atomic E-state index is 0.181. The molecule has 2 heterocycles. The third-order valence-electron chi connectivity index (χ3n) is 5.67. The van der Waals surface area contributed by atoms with Gasteiger partial charge in [0.25, 0.3) is 5.56 Å². The highest BCUT2D eigenvalue weighted by Gasteiger charge is 2.41. The van der Waals surface area contributed by atoms with Gasteiger partial charge in [0.2, 0.25) is 5.91 Å². The zero-order valence-electron chi connectivity index (χ0n) is 18.1. The van der Waals surface area contributed by atoms with Crippen LogP contribution in [-0.4, -0.2) is 45.3 Å². The number of carbonyl (C=O) groups excluding carboxylic acids is 1. The molecule has 9 heteroatoms. The van der Waals surface area contributed by atoms with Crippen LogP contribution in [0.25, 0.3) is 11.3 Å². The van der Waals surface area contributed by atoms with Crippen LogP contribution < -0.4 is 10.9 Å². The quantitative estimate of drug-likeness (QED) is 0.555. The maximum atomic E-state index is 13.0. The Morgan fingerprint density at radius 3 is 2.53 bits per heavy atom. The lowest BCUT2D eigenvalue weighted by Crippen LogP contribution is -2.58. The van der Waals surface area contributed by atoms with Crippen molar-refractivity contribution in [2.75, 3.05) is 13.2 Å². The van der Waals surface area contributed by atoms with Crippen LogP contribution in [0.2, 0.25) is 5.02 Å². The molecule has 0 unspecified atom stereocenters. The molecular formula is C23H28ClN3O5. The minimum Gasteiger partial charge on any atom is -0.480 e. The number of aromatic nitrogens is 2. The van der Waals surface area contributed by atoms with Crippen molar-refractivity contribution >= 4 is 23.5 Å². The summed E-state index contributed by atoms with van der Waals surface area (Å²) in [7, 11) is 0. The SMILES string of the molecule is CCCCCc1nc(-c2ccc(Cl)cc2)cc(=O)n1CC(=O)NC1(C(=O)O)CCOCC1. The second-order valence-electron chi connectivity index (χ2n) is 7.99. The molecule has 0 spiro atoms. The summed E-state index contributed by atoms with van der Waals surface area (Å²) < 4.78 is 6.57. The number of nitrogens with one attached hydrogen (secondary N) is 1. The molecule has 2 aromatic rings. The number of carbonyl (C=O) groups is 2. The zero-order valence-corrected chi connectivity index (χ0v) is 18.9. The van der Waals surface area contributed by atoms with E-state index in [1.54, 1.807) is 24.3 Å². The highest BCUT2D eigenvalue weighted by Crippen LogP contribution is 2.22. The van der Waals surface area contributed by atoms with E-state index in [4.69, 9.17) is 16.3 Å². The van der Waals surface area contributed by atoms with Gasteiger partial charge in [0.1, 0.15) is 17.9 Å². The number of benzene rings is 1. The van der Waals surface area contributed by atoms with Crippen molar-refractivity contribution in [2.45, 2.75) is 57.5 Å². The summed E-state index contributed by atoms with van der Waals surface area (Å²) in [5.74, 6) is -1.13. The van der Waals surface area contributed by atoms with Crippen LogP contribution in [0.3, 0.4) is 0 Å². The molecule has 3 rings (SSSR count). The van der Waals surface area contributed by atoms with Crippen molar-refractivity contribution < 1.29 is 19.4 Å². The van der Waals surface area contributed by atoms with E-state index in [0.717, 1.165) is 24.8 Å². The Labute approximate surface area is 191 Å². The number of hydrogen-bond donors (Lipinski definition) is 2. The Bertz CT molecular complexity index is 1010. The molecule has 1 amide bonds. The summed E-state index contributed by atoms with van der Waals surface area (Å²) in [5.41, 5.74) is -0.464. The number of rotatable bonds is 9. The molecule has 1 fully saturated rings. The number of aryl methyl sites for hydroxylation is 1. The van der Waals surface area contributed by atoms with E-state index < -0.39 is 17.4 Å². The van der Waals surface area contributed by atoms with E-state index >= 15 is 0 Å². The predicted molar refractivity (Wildman–Crippen MR) is 121 cm³/mol. The third kappa shape index (κ3) is 5.75. The molecule has 0 saturated carbocycles. The Balaban J connectivity index is 1.88. The zero-order chi connectivity index (χ0) is 23.1. The number of carboxylic acids is 1. The molecule has 0 aliphatic carbocycles. The third-order valence-corrected chi connectivity index (χ3v) is 5.92. The first-order valence-electron chi connectivity index (χ1n) is 10.8. The summed E-state index contributed by atoms with van der Waals surface area (Å²) in [6.45, 7) is 2.31. The Morgan fingerprint density at radius 2 is 1.91 bits per heavy atom. The van der Waals surface area contributed by atoms with Gasteiger partial charge >= 0.3 is 5.97 Å². The fourth-order valence-electron chi connectivity index (χ4n) is 3.78. The normalized spacial score (nSPS) is 15.3. The Kier molecular flexibility index (Phi) is 8.04. The first-order valence-corrected chi connectivity index (χ1v) is 11.2. The van der Waals surface area contributed by atoms with Crippen LogP contribution in [0.4, 0.5) is 0 Å². The van der Waals surface area contributed by atoms with Crippen LogP contribution in [0.1, 0.15) is 44.9 Å². The number of unbranched alkanes of at least 4 members (excludes halogenated alkanes) is 2. The minimum atomic E-state index is -1.38. The molecule has 8 nitrogen and oxygen atoms in total. The monoisotopic (exact) mass is 461 g/mol. The molecule has 1 aliphatic rings. The maximum absolute atomic E-state index is 13.0. The van der Waals surface area contributed by atoms with Gasteiger partial charge in [-0.1, -0.05) is 43.5 Å². The second kappa shape index (κ2) is 10.7. The summed E-state index contributed by atoms with van der Waals surface area (Å²) in [5, 5.41) is 12.9. The largest absolute Gasteiger partial charge is 0.480 e. The fraction of sp³-hybridized carbons (Fsp3) is 0.478. The van der Waals surface area contributed by atoms with Gasteiger partial charge in [0, 0.05) is 49.1 Å². The van der Waals surface area contributed by atoms with Gasteiger partial charge in [-0.05, 0) is 18.6 Å². The second-order valence-corrected chi connectivity index (χ2v) is 8.43. The fourth-order valence-corrected chi connectivity index (χ4v) is 3.90. The van der Waals surface area contributed by atoms with Gasteiger partial charge in [-0.25, -0.2) is 9.78 Å². The molecule has 172 valence electrons. The van der Waals surface area contributed by atoms with Gasteiger partial charge < -0.3 is 15.2 Å². The van der Waals surface area contributed by atoms with Crippen LogP contribution >= 0.6 is 11.6 Å². The summed E-state index contributed by atoms with van der Waals surface area (Å²) in [6, 6.07) is 8.43. The van der Waals surface area contributed by atoms with Crippen LogP contribution in [0.15, 0.2) is 35.1 Å². The molecule has 0 bridgehead atoms. The maximum Gasteiger partial charge on any atom is 0.329 e. The Morgan fingerprint density at radius 1 is 1.22 bits per heavy atom. The molecule has 2 N–H and O–H groups in total. The molecule has 0 radical (unpaired) electrons. The average Bonchev–Trinajstić information content (AvgIpc) is 2.77. The topological polar surface area (TPSA) is 111 Å². The molecule has 32 heavy (non-hydrogen) atoms. The lowest BCUT2D eigenvalue weighted by atomic mass is 9.90. The van der Waals surface area contributed by atoms with Gasteiger partial charge in [-0.3, -0.25) is 14.2 Å². The van der Waals surface area contributed by atoms with E-state index in [1.807, 2.05) is 0 Å². The molecule has 1 aromatic carbocycles. The molecule has 1 saturated heterocycles. The average molecular weight is 462 g/mol. The highest BCUT2D eigenvalue weighted by atomic mass is 35.5. The van der Waals surface area contributed by atoms with Crippen molar-refractivity contribution in [3.8, 4) is 11.3 Å². The predicted octanol–water partition coefficient (Wildman–Crippen LogP) is 3.05. The number of ether oxygens (including phenoxy) is 1. The van der Waals surface area contributed by atoms with Crippen molar-refractivity contribution in [3.05, 3.63) is 51.5 Å². The summed E-state index contributed by atoms with van der Waals surface area (Å²) >= 11 is 5.96. The number of amides is 1. The smallest absolute Gasteiger partial charge is 0.329 e. The van der Waals surface area contributed by atoms with E-state index in [9.17, 15) is 19.5 Å². The van der Waals surface area contributed by atoms with E-state index in [1.165, 1.54) is 10.6 Å². The summed E-state index contributed by atoms with van der Waals surface area (Å²) in [4.78, 5) is 42.3. The molecular weight excluding hydrogens is 434 g/mol. The summed E-state index contributed by atoms with van der Waals surface area (Å²) in [6.07, 6.45) is 3.70. The van der Waals surface area contributed by atoms with E-state index in [-0.39, 0.29) is 38.2 Å². The first-order chi connectivity index (χ1) is 15.3. The number of aliphatic carboxylic acids is 1. The molecule has 1 aromatic heterocycles. The van der Waals surface area contributed by atoms with Crippen molar-refractivity contribution in [2.24, 2.45) is 0 Å². The lowest BCUT2D eigenvalue weighted by molar-refractivity contribution is -0.152. The van der Waals surface area contributed by atoms with Gasteiger partial charge in [0.05, 0.1) is 5.69 Å². The first kappa shape index (κ1) is 23.9. The van der Waals surface area contributed by atoms with E-state index in [0.29, 0.717) is 23.0 Å². The van der Waals surface area contributed by atoms with Gasteiger partial charge in [0.15, 0.2) is 0 Å².